The molecule has 1 aliphatic heterocycles. The number of thiophene rings is 1. The first-order chi connectivity index (χ1) is 15.4. The van der Waals surface area contributed by atoms with Crippen LogP contribution in [0.3, 0.4) is 0 Å². The van der Waals surface area contributed by atoms with E-state index in [-0.39, 0.29) is 4.90 Å². The number of rotatable bonds is 5. The molecule has 6 nitrogen and oxygen atoms in total. The second-order valence-electron chi connectivity index (χ2n) is 7.80. The van der Waals surface area contributed by atoms with Gasteiger partial charge in [0.15, 0.2) is 9.84 Å². The molecular weight excluding hydrogens is 462 g/mol. The number of benzene rings is 2. The van der Waals surface area contributed by atoms with E-state index in [0.717, 1.165) is 40.3 Å². The molecule has 0 unspecified atom stereocenters. The Morgan fingerprint density at radius 3 is 2.62 bits per heavy atom. The van der Waals surface area contributed by atoms with Gasteiger partial charge in [0.05, 0.1) is 15.1 Å². The predicted octanol–water partition coefficient (Wildman–Crippen LogP) is 4.43. The number of aromatic nitrogens is 1. The molecule has 32 heavy (non-hydrogen) atoms. The zero-order valence-electron chi connectivity index (χ0n) is 17.4. The van der Waals surface area contributed by atoms with Crippen LogP contribution >= 0.6 is 22.7 Å². The van der Waals surface area contributed by atoms with Crippen LogP contribution in [0.4, 0.5) is 5.00 Å². The Morgan fingerprint density at radius 2 is 1.84 bits per heavy atom. The molecule has 1 aliphatic rings. The van der Waals surface area contributed by atoms with Gasteiger partial charge in [-0.15, -0.1) is 22.7 Å². The number of hydrogen-bond acceptors (Lipinski definition) is 7. The summed E-state index contributed by atoms with van der Waals surface area (Å²) < 4.78 is 26.4. The second-order valence-corrected chi connectivity index (χ2v) is 11.9. The first-order valence-corrected chi connectivity index (χ1v) is 13.5. The monoisotopic (exact) mass is 483 g/mol. The number of nitrogens with one attached hydrogen (secondary N) is 1. The van der Waals surface area contributed by atoms with Crippen LogP contribution < -0.4 is 5.32 Å². The zero-order chi connectivity index (χ0) is 22.3. The van der Waals surface area contributed by atoms with Gasteiger partial charge in [-0.2, -0.15) is 0 Å². The van der Waals surface area contributed by atoms with Gasteiger partial charge in [-0.1, -0.05) is 30.3 Å². The lowest BCUT2D eigenvalue weighted by atomic mass is 10.0. The van der Waals surface area contributed by atoms with E-state index in [4.69, 9.17) is 4.98 Å². The van der Waals surface area contributed by atoms with Gasteiger partial charge < -0.3 is 10.2 Å². The smallest absolute Gasteiger partial charge is 0.240 e. The van der Waals surface area contributed by atoms with E-state index in [1.54, 1.807) is 29.5 Å². The highest BCUT2D eigenvalue weighted by molar-refractivity contribution is 7.92. The van der Waals surface area contributed by atoms with Crippen molar-refractivity contribution in [2.24, 2.45) is 0 Å². The van der Waals surface area contributed by atoms with E-state index in [9.17, 15) is 13.2 Å². The number of anilines is 1. The van der Waals surface area contributed by atoms with Gasteiger partial charge in [0.1, 0.15) is 15.8 Å². The molecule has 0 spiro atoms. The number of fused-ring (bicyclic) bond motifs is 2. The van der Waals surface area contributed by atoms with Gasteiger partial charge in [-0.3, -0.25) is 4.79 Å². The number of carbonyl (C=O) groups is 1. The summed E-state index contributed by atoms with van der Waals surface area (Å²) in [6.07, 6.45) is 0.867. The maximum atomic E-state index is 12.8. The van der Waals surface area contributed by atoms with Gasteiger partial charge in [-0.25, -0.2) is 13.4 Å². The fraction of sp³-hybridized carbons (Fsp3) is 0.217. The molecule has 0 saturated carbocycles. The van der Waals surface area contributed by atoms with Crippen molar-refractivity contribution < 1.29 is 13.2 Å². The third-order valence-electron chi connectivity index (χ3n) is 5.43. The Kier molecular flexibility index (Phi) is 5.58. The molecular formula is C23H21N3O3S3. The maximum Gasteiger partial charge on any atom is 0.240 e. The molecule has 0 bridgehead atoms. The minimum atomic E-state index is -3.72. The highest BCUT2D eigenvalue weighted by Gasteiger charge is 2.28. The predicted molar refractivity (Wildman–Crippen MR) is 130 cm³/mol. The summed E-state index contributed by atoms with van der Waals surface area (Å²) in [6, 6.07) is 16.0. The van der Waals surface area contributed by atoms with Crippen molar-refractivity contribution in [1.29, 1.82) is 0 Å². The second kappa shape index (κ2) is 8.40. The van der Waals surface area contributed by atoms with Crippen LogP contribution in [0, 0.1) is 0 Å². The highest BCUT2D eigenvalue weighted by atomic mass is 32.2. The van der Waals surface area contributed by atoms with Crippen molar-refractivity contribution >= 4 is 53.6 Å². The fourth-order valence-electron chi connectivity index (χ4n) is 3.87. The molecule has 1 N–H and O–H groups in total. The summed E-state index contributed by atoms with van der Waals surface area (Å²) in [5.41, 5.74) is 3.06. The van der Waals surface area contributed by atoms with Crippen molar-refractivity contribution in [3.05, 3.63) is 65.0 Å². The average molecular weight is 484 g/mol. The zero-order valence-corrected chi connectivity index (χ0v) is 19.8. The van der Waals surface area contributed by atoms with E-state index in [2.05, 4.69) is 17.3 Å². The number of nitrogens with zero attached hydrogens (tertiary/aromatic N) is 2. The van der Waals surface area contributed by atoms with Gasteiger partial charge in [0, 0.05) is 23.5 Å². The van der Waals surface area contributed by atoms with E-state index < -0.39 is 21.5 Å². The lowest BCUT2D eigenvalue weighted by Crippen LogP contribution is -2.25. The molecule has 0 aliphatic carbocycles. The van der Waals surface area contributed by atoms with Gasteiger partial charge in [0.25, 0.3) is 0 Å². The number of thiazole rings is 1. The first-order valence-electron chi connectivity index (χ1n) is 10.2. The lowest BCUT2D eigenvalue weighted by molar-refractivity contribution is -0.113. The largest absolute Gasteiger partial charge is 0.316 e. The Morgan fingerprint density at radius 1 is 1.09 bits per heavy atom. The molecule has 4 aromatic rings. The molecule has 9 heteroatoms. The molecule has 0 atom stereocenters. The Bertz CT molecular complexity index is 1380. The van der Waals surface area contributed by atoms with E-state index in [1.807, 2.05) is 24.3 Å². The first kappa shape index (κ1) is 21.3. The average Bonchev–Trinajstić information content (AvgIpc) is 3.33. The third kappa shape index (κ3) is 4.09. The molecule has 0 fully saturated rings. The van der Waals surface area contributed by atoms with E-state index >= 15 is 0 Å². The minimum Gasteiger partial charge on any atom is -0.316 e. The summed E-state index contributed by atoms with van der Waals surface area (Å²) in [7, 11) is -1.64. The number of para-hydroxylation sites is 1. The van der Waals surface area contributed by atoms with Crippen LogP contribution in [-0.4, -0.2) is 43.6 Å². The van der Waals surface area contributed by atoms with Crippen molar-refractivity contribution in [2.75, 3.05) is 24.7 Å². The van der Waals surface area contributed by atoms with Crippen LogP contribution in [0.2, 0.25) is 0 Å². The van der Waals surface area contributed by atoms with Gasteiger partial charge in [0.2, 0.25) is 5.91 Å². The van der Waals surface area contributed by atoms with E-state index in [0.29, 0.717) is 5.00 Å². The quantitative estimate of drug-likeness (QED) is 0.454. The fourth-order valence-corrected chi connectivity index (χ4v) is 7.48. The number of likely N-dealkylation sites (N-methyl/N-ethyl adjacent to an activating group) is 1. The molecule has 0 radical (unpaired) electrons. The maximum absolute atomic E-state index is 12.8. The summed E-state index contributed by atoms with van der Waals surface area (Å²) in [5.74, 6) is -1.14. The Balaban J connectivity index is 1.50. The Hall–Kier alpha value is -2.59. The topological polar surface area (TPSA) is 79.4 Å². The SMILES string of the molecule is CN1CCc2c(sc(NC(=O)CS(=O)(=O)c3ccccc3)c2-c2nc3ccccc3s2)C1. The van der Waals surface area contributed by atoms with E-state index in [1.165, 1.54) is 33.9 Å². The number of carbonyl (C=O) groups excluding carboxylic acids is 1. The molecule has 2 aromatic carbocycles. The van der Waals surface area contributed by atoms with Crippen LogP contribution in [0.25, 0.3) is 20.8 Å². The van der Waals surface area contributed by atoms with Crippen molar-refractivity contribution in [3.8, 4) is 10.6 Å². The summed E-state index contributed by atoms with van der Waals surface area (Å²) in [5, 5.41) is 4.43. The van der Waals surface area contributed by atoms with Crippen LogP contribution in [0.1, 0.15) is 10.4 Å². The summed E-state index contributed by atoms with van der Waals surface area (Å²) in [4.78, 5) is 21.2. The van der Waals surface area contributed by atoms with Crippen LogP contribution in [-0.2, 0) is 27.6 Å². The molecule has 1 amide bonds. The Labute approximate surface area is 194 Å². The molecule has 2 aromatic heterocycles. The number of sulfone groups is 1. The third-order valence-corrected chi connectivity index (χ3v) is 9.25. The van der Waals surface area contributed by atoms with Gasteiger partial charge in [-0.05, 0) is 43.3 Å². The summed E-state index contributed by atoms with van der Waals surface area (Å²) >= 11 is 3.11. The molecule has 5 rings (SSSR count). The minimum absolute atomic E-state index is 0.147. The van der Waals surface area contributed by atoms with Gasteiger partial charge >= 0.3 is 0 Å². The van der Waals surface area contributed by atoms with Crippen LogP contribution in [0.5, 0.6) is 0 Å². The highest BCUT2D eigenvalue weighted by Crippen LogP contribution is 2.45. The molecule has 0 saturated heterocycles. The van der Waals surface area contributed by atoms with Crippen molar-refractivity contribution in [3.63, 3.8) is 0 Å². The molecule has 164 valence electrons. The van der Waals surface area contributed by atoms with Crippen molar-refractivity contribution in [2.45, 2.75) is 17.9 Å². The lowest BCUT2D eigenvalue weighted by Gasteiger charge is -2.22. The van der Waals surface area contributed by atoms with Crippen molar-refractivity contribution in [1.82, 2.24) is 9.88 Å². The summed E-state index contributed by atoms with van der Waals surface area (Å²) in [6.45, 7) is 1.73. The normalized spacial score (nSPS) is 14.4. The number of hydrogen-bond donors (Lipinski definition) is 1. The number of amides is 1. The van der Waals surface area contributed by atoms with Crippen LogP contribution in [0.15, 0.2) is 59.5 Å². The standard InChI is InChI=1S/C23H21N3O3S3/c1-26-12-11-16-19(13-26)31-23(21(16)22-24-17-9-5-6-10-18(17)30-22)25-20(27)14-32(28,29)15-7-3-2-4-8-15/h2-10H,11-14H2,1H3,(H,25,27). The molecule has 3 heterocycles.